The molecule has 3 saturated heterocycles. The van der Waals surface area contributed by atoms with Gasteiger partial charge in [-0.3, -0.25) is 38.7 Å². The number of nitrogen functional groups attached to an aromatic ring is 3. The number of amides is 3. The first-order chi connectivity index (χ1) is 54.3. The molecular weight excluding hydrogens is 1440 g/mol. The molecule has 3 atom stereocenters. The lowest BCUT2D eigenvalue weighted by Gasteiger charge is -2.32. The van der Waals surface area contributed by atoms with Crippen molar-refractivity contribution in [2.45, 2.75) is 95.2 Å². The minimum absolute atomic E-state index is 0.00248. The number of fused-ring (bicyclic) bond motifs is 3. The second-order valence-electron chi connectivity index (χ2n) is 27.3. The molecule has 112 heavy (non-hydrogen) atoms. The van der Waals surface area contributed by atoms with Crippen molar-refractivity contribution in [3.8, 4) is 33.8 Å². The largest absolute Gasteiger partial charge is 0.383 e. The van der Waals surface area contributed by atoms with Crippen molar-refractivity contribution < 1.29 is 46.3 Å². The number of aromatic nitrogens is 14. The fourth-order valence-corrected chi connectivity index (χ4v) is 14.3. The van der Waals surface area contributed by atoms with Crippen molar-refractivity contribution >= 4 is 85.6 Å². The predicted octanol–water partition coefficient (Wildman–Crippen LogP) is 12.1. The Balaban J connectivity index is 0.000000147. The summed E-state index contributed by atoms with van der Waals surface area (Å²) in [5, 5.41) is 16.6. The van der Waals surface area contributed by atoms with Gasteiger partial charge in [0.1, 0.15) is 65.0 Å². The van der Waals surface area contributed by atoms with Crippen molar-refractivity contribution in [1.82, 2.24) is 83.9 Å². The predicted molar refractivity (Wildman–Crippen MR) is 413 cm³/mol. The number of carbonyl (C=O) groups is 6. The Morgan fingerprint density at radius 3 is 1.17 bits per heavy atom. The topological polar surface area (TPSA) is 347 Å². The third kappa shape index (κ3) is 16.7. The van der Waals surface area contributed by atoms with E-state index in [2.05, 4.69) is 59.6 Å². The molecule has 12 aromatic rings. The molecule has 0 aliphatic carbocycles. The molecule has 3 aliphatic rings. The van der Waals surface area contributed by atoms with Crippen LogP contribution in [-0.2, 0) is 33.6 Å². The standard InChI is InChI=1S/C28H26F2N6O2.2C27H26FN7O2/c1-2-23(38)35-14-4-5-19(15-35)36-28-24(27(31)32-16-33-28)26(34-36)18-11-8-17(9-12-18)10-13-22(37)20-6-3-7-21(29)25(20)30;1-2-22(37)34-14-4-5-19(15-34)35-27-23(26(29)31-16-32-27)24(33-35)18-10-7-17(8-11-18)9-12-21(36)25-20(28)6-3-13-30-25;1-2-23(37)34-13-3-4-19(15-34)35-27-24(26(29)31-16-32-27)25(33-35)18-8-5-17(6-9-18)7-10-22(36)20-14-30-12-11-21(20)28/h2-3,6-9,11-12,16,19H,1,4-5,10,13-15H2,(H2,31,32,33);2-3,6-8,10-11,13,16,19H,1,4-5,9,12,14-15H2,(H2,29,31,32);2,5-6,8-9,11-12,14,16,19H,1,3-4,7,10,13,15H2,(H2,29,31,32)/t3*19-/m111/s1. The number of nitrogens with two attached hydrogens (primary N) is 3. The first kappa shape index (κ1) is 76.8. The maximum absolute atomic E-state index is 13.9. The monoisotopic (exact) mass is 1510 g/mol. The highest BCUT2D eigenvalue weighted by molar-refractivity contribution is 6.02. The van der Waals surface area contributed by atoms with Crippen molar-refractivity contribution in [2.24, 2.45) is 0 Å². The molecule has 0 radical (unpaired) electrons. The van der Waals surface area contributed by atoms with Gasteiger partial charge in [0.2, 0.25) is 17.7 Å². The Bertz CT molecular complexity index is 5350. The molecule has 11 heterocycles. The zero-order chi connectivity index (χ0) is 78.7. The van der Waals surface area contributed by atoms with Gasteiger partial charge in [-0.15, -0.1) is 0 Å². The van der Waals surface area contributed by atoms with Crippen LogP contribution in [0.1, 0.15) is 124 Å². The van der Waals surface area contributed by atoms with Gasteiger partial charge in [0.05, 0.1) is 45.4 Å². The zero-order valence-electron chi connectivity index (χ0n) is 61.0. The van der Waals surface area contributed by atoms with Crippen molar-refractivity contribution in [3.05, 3.63) is 242 Å². The number of hydrogen-bond donors (Lipinski definition) is 3. The van der Waals surface area contributed by atoms with Gasteiger partial charge >= 0.3 is 0 Å². The van der Waals surface area contributed by atoms with Crippen LogP contribution in [0.4, 0.5) is 35.0 Å². The summed E-state index contributed by atoms with van der Waals surface area (Å²) >= 11 is 0. The second-order valence-corrected chi connectivity index (χ2v) is 27.3. The van der Waals surface area contributed by atoms with Gasteiger partial charge in [-0.2, -0.15) is 15.3 Å². The van der Waals surface area contributed by atoms with Crippen LogP contribution < -0.4 is 17.2 Å². The van der Waals surface area contributed by atoms with Gasteiger partial charge in [0.15, 0.2) is 51.7 Å². The molecule has 15 rings (SSSR count). The lowest BCUT2D eigenvalue weighted by molar-refractivity contribution is -0.128. The van der Waals surface area contributed by atoms with Gasteiger partial charge in [-0.1, -0.05) is 98.6 Å². The van der Waals surface area contributed by atoms with Crippen LogP contribution in [0.2, 0.25) is 0 Å². The average molecular weight is 1520 g/mol. The number of halogens is 4. The summed E-state index contributed by atoms with van der Waals surface area (Å²) in [6.07, 6.45) is 18.9. The van der Waals surface area contributed by atoms with E-state index < -0.39 is 29.1 Å². The molecule has 0 spiro atoms. The lowest BCUT2D eigenvalue weighted by Crippen LogP contribution is -2.40. The fourth-order valence-electron chi connectivity index (χ4n) is 14.3. The van der Waals surface area contributed by atoms with E-state index in [-0.39, 0.29) is 83.5 Å². The van der Waals surface area contributed by atoms with Crippen LogP contribution in [0, 0.1) is 23.3 Å². The minimum Gasteiger partial charge on any atom is -0.383 e. The number of rotatable bonds is 21. The van der Waals surface area contributed by atoms with Crippen LogP contribution in [0.5, 0.6) is 0 Å². The van der Waals surface area contributed by atoms with Crippen LogP contribution in [0.15, 0.2) is 185 Å². The molecule has 6 N–H and O–H groups in total. The van der Waals surface area contributed by atoms with Crippen LogP contribution in [-0.4, -0.2) is 158 Å². The van der Waals surface area contributed by atoms with Gasteiger partial charge in [0.25, 0.3) is 0 Å². The highest BCUT2D eigenvalue weighted by atomic mass is 19.2. The van der Waals surface area contributed by atoms with Crippen molar-refractivity contribution in [3.63, 3.8) is 0 Å². The molecule has 3 amide bonds. The highest BCUT2D eigenvalue weighted by Crippen LogP contribution is 2.38. The summed E-state index contributed by atoms with van der Waals surface area (Å²) in [5.74, 6) is -3.78. The maximum Gasteiger partial charge on any atom is 0.246 e. The van der Waals surface area contributed by atoms with Gasteiger partial charge in [-0.25, -0.2) is 61.5 Å². The zero-order valence-corrected chi connectivity index (χ0v) is 61.0. The number of carbonyl (C=O) groups excluding carboxylic acids is 6. The molecule has 4 aromatic carbocycles. The van der Waals surface area contributed by atoms with Gasteiger partial charge in [0, 0.05) is 93.8 Å². The van der Waals surface area contributed by atoms with E-state index in [4.69, 9.17) is 32.5 Å². The lowest BCUT2D eigenvalue weighted by atomic mass is 10.0. The van der Waals surface area contributed by atoms with E-state index in [9.17, 15) is 46.3 Å². The quantitative estimate of drug-likeness (QED) is 0.0342. The normalized spacial score (nSPS) is 15.6. The average Bonchev–Trinajstić information content (AvgIpc) is 1.62. The van der Waals surface area contributed by atoms with E-state index >= 15 is 0 Å². The number of ketones is 3. The number of pyridine rings is 2. The summed E-state index contributed by atoms with van der Waals surface area (Å²) in [7, 11) is 0. The Morgan fingerprint density at radius 1 is 0.420 bits per heavy atom. The Kier molecular flexibility index (Phi) is 23.6. The first-order valence-electron chi connectivity index (χ1n) is 36.5. The number of likely N-dealkylation sites (tertiary alicyclic amines) is 3. The summed E-state index contributed by atoms with van der Waals surface area (Å²) in [4.78, 5) is 113. The number of hydrogen-bond acceptors (Lipinski definition) is 20. The number of nitrogens with zero attached hydrogens (tertiary/aromatic N) is 17. The number of benzene rings is 4. The molecule has 0 unspecified atom stereocenters. The van der Waals surface area contributed by atoms with E-state index in [1.165, 1.54) is 86.1 Å². The number of aryl methyl sites for hydroxylation is 3. The number of anilines is 3. The summed E-state index contributed by atoms with van der Waals surface area (Å²) in [5.41, 5.74) is 27.3. The van der Waals surface area contributed by atoms with Crippen LogP contribution in [0.25, 0.3) is 66.9 Å². The van der Waals surface area contributed by atoms with Crippen LogP contribution in [0.3, 0.4) is 0 Å². The van der Waals surface area contributed by atoms with E-state index in [1.54, 1.807) is 14.7 Å². The van der Waals surface area contributed by atoms with E-state index in [1.807, 2.05) is 86.8 Å². The van der Waals surface area contributed by atoms with E-state index in [0.717, 1.165) is 78.0 Å². The van der Waals surface area contributed by atoms with Crippen molar-refractivity contribution in [1.29, 1.82) is 0 Å². The minimum atomic E-state index is -1.12. The third-order valence-electron chi connectivity index (χ3n) is 20.2. The molecule has 3 aliphatic heterocycles. The highest BCUT2D eigenvalue weighted by Gasteiger charge is 2.32. The molecule has 8 aromatic heterocycles. The van der Waals surface area contributed by atoms with Crippen LogP contribution >= 0.6 is 0 Å². The summed E-state index contributed by atoms with van der Waals surface area (Å²) in [6.45, 7) is 14.3. The molecule has 570 valence electrons. The Morgan fingerprint density at radius 2 is 0.795 bits per heavy atom. The molecule has 26 nitrogen and oxygen atoms in total. The first-order valence-corrected chi connectivity index (χ1v) is 36.5. The number of piperidine rings is 3. The molecular formula is C82H78F4N20O6. The summed E-state index contributed by atoms with van der Waals surface area (Å²) in [6, 6.07) is 30.0. The third-order valence-corrected chi connectivity index (χ3v) is 20.2. The molecule has 0 saturated carbocycles. The SMILES string of the molecule is C=CC(=O)N1CCC[C@@H](n2nc(-c3ccc(CCC(=O)c4cccc(F)c4F)cc3)c3c(N)ncnc32)C1.C=CC(=O)N1CCC[C@@H](n2nc(-c3ccc(CCC(=O)c4cnccc4F)cc3)c3c(N)ncnc32)C1.C=CC(=O)N1CCC[C@@H](n2nc(-c3ccc(CCC(=O)c4ncccc4F)cc3)c3c(N)ncnc32)C1. The van der Waals surface area contributed by atoms with Gasteiger partial charge in [-0.05, 0) is 123 Å². The Labute approximate surface area is 639 Å². The molecule has 0 bridgehead atoms. The van der Waals surface area contributed by atoms with E-state index in [0.29, 0.717) is 126 Å². The summed E-state index contributed by atoms with van der Waals surface area (Å²) < 4.78 is 60.6. The second kappa shape index (κ2) is 34.4. The van der Waals surface area contributed by atoms with Crippen molar-refractivity contribution in [2.75, 3.05) is 56.5 Å². The number of Topliss-reactive ketones (excluding diaryl/α,β-unsaturated/α-hetero) is 3. The smallest absolute Gasteiger partial charge is 0.246 e. The maximum atomic E-state index is 13.9. The van der Waals surface area contributed by atoms with Gasteiger partial charge < -0.3 is 31.9 Å². The fraction of sp³-hybridized carbons (Fsp3) is 0.256. The Hall–Kier alpha value is -13.4. The molecule has 30 heteroatoms. The molecule has 3 fully saturated rings.